The van der Waals surface area contributed by atoms with Gasteiger partial charge in [-0.3, -0.25) is 4.79 Å². The first-order valence-electron chi connectivity index (χ1n) is 9.91. The van der Waals surface area contributed by atoms with E-state index in [2.05, 4.69) is 11.4 Å². The zero-order chi connectivity index (χ0) is 19.9. The van der Waals surface area contributed by atoms with E-state index >= 15 is 0 Å². The van der Waals surface area contributed by atoms with E-state index in [1.54, 1.807) is 0 Å². The average molecular weight is 404 g/mol. The van der Waals surface area contributed by atoms with Crippen LogP contribution in [0.2, 0.25) is 5.02 Å². The highest BCUT2D eigenvalue weighted by Gasteiger charge is 2.24. The van der Waals surface area contributed by atoms with Gasteiger partial charge < -0.3 is 19.9 Å². The highest BCUT2D eigenvalue weighted by Crippen LogP contribution is 2.15. The molecular formula is C22H30ClN3O2+2. The fourth-order valence-corrected chi connectivity index (χ4v) is 3.83. The summed E-state index contributed by atoms with van der Waals surface area (Å²) in [5.41, 5.74) is 3.23. The number of hydrogen-bond acceptors (Lipinski definition) is 2. The van der Waals surface area contributed by atoms with Crippen LogP contribution < -0.4 is 19.9 Å². The van der Waals surface area contributed by atoms with Crippen molar-refractivity contribution in [2.24, 2.45) is 0 Å². The van der Waals surface area contributed by atoms with Crippen molar-refractivity contribution in [3.63, 3.8) is 0 Å². The number of quaternary nitrogens is 2. The molecule has 1 heterocycles. The van der Waals surface area contributed by atoms with Crippen molar-refractivity contribution in [3.05, 3.63) is 58.6 Å². The normalized spacial score (nSPS) is 19.2. The molecule has 0 unspecified atom stereocenters. The van der Waals surface area contributed by atoms with Gasteiger partial charge in [-0.15, -0.1) is 0 Å². The van der Waals surface area contributed by atoms with E-state index in [4.69, 9.17) is 16.3 Å². The highest BCUT2D eigenvalue weighted by atomic mass is 35.5. The number of rotatable bonds is 7. The molecular weight excluding hydrogens is 374 g/mol. The number of ether oxygens (including phenoxy) is 1. The van der Waals surface area contributed by atoms with Crippen molar-refractivity contribution in [1.82, 2.24) is 0 Å². The van der Waals surface area contributed by atoms with Gasteiger partial charge >= 0.3 is 0 Å². The lowest BCUT2D eigenvalue weighted by Gasteiger charge is -2.29. The van der Waals surface area contributed by atoms with E-state index in [1.807, 2.05) is 50.2 Å². The minimum absolute atomic E-state index is 0.0921. The third-order valence-corrected chi connectivity index (χ3v) is 5.37. The Morgan fingerprint density at radius 1 is 1.00 bits per heavy atom. The molecule has 2 aromatic rings. The summed E-state index contributed by atoms with van der Waals surface area (Å²) in [5.74, 6) is 0.950. The molecule has 1 amide bonds. The summed E-state index contributed by atoms with van der Waals surface area (Å²) < 4.78 is 5.79. The number of hydrogen-bond donors (Lipinski definition) is 3. The minimum Gasteiger partial charge on any atom is -0.488 e. The van der Waals surface area contributed by atoms with Crippen LogP contribution in [0.4, 0.5) is 5.69 Å². The number of benzene rings is 2. The van der Waals surface area contributed by atoms with Gasteiger partial charge in [0, 0.05) is 10.7 Å². The lowest BCUT2D eigenvalue weighted by atomic mass is 10.1. The van der Waals surface area contributed by atoms with Crippen molar-refractivity contribution < 1.29 is 19.3 Å². The molecule has 2 aromatic carbocycles. The van der Waals surface area contributed by atoms with Crippen LogP contribution in [0.1, 0.15) is 11.1 Å². The Morgan fingerprint density at radius 2 is 1.61 bits per heavy atom. The Kier molecular flexibility index (Phi) is 7.31. The standard InChI is InChI=1S/C22H28ClN3O2/c1-17-13-18(2)15-20(14-17)24-22(27)16-26-9-7-25(8-10-26)11-12-28-21-5-3-19(23)4-6-21/h3-6,13-15H,7-12,16H2,1-2H3,(H,24,27)/p+2. The molecule has 1 fully saturated rings. The van der Waals surface area contributed by atoms with E-state index in [-0.39, 0.29) is 5.91 Å². The second-order valence-electron chi connectivity index (χ2n) is 7.65. The van der Waals surface area contributed by atoms with Gasteiger partial charge in [0.05, 0.1) is 0 Å². The topological polar surface area (TPSA) is 47.2 Å². The summed E-state index contributed by atoms with van der Waals surface area (Å²) in [6.07, 6.45) is 0. The van der Waals surface area contributed by atoms with Crippen LogP contribution in [-0.2, 0) is 4.79 Å². The molecule has 3 rings (SSSR count). The van der Waals surface area contributed by atoms with Crippen molar-refractivity contribution in [2.45, 2.75) is 13.8 Å². The first-order chi connectivity index (χ1) is 13.5. The Labute approximate surface area is 172 Å². The predicted molar refractivity (Wildman–Crippen MR) is 113 cm³/mol. The maximum Gasteiger partial charge on any atom is 0.279 e. The van der Waals surface area contributed by atoms with E-state index in [9.17, 15) is 4.79 Å². The lowest BCUT2D eigenvalue weighted by Crippen LogP contribution is -3.28. The summed E-state index contributed by atoms with van der Waals surface area (Å²) in [6, 6.07) is 13.6. The molecule has 150 valence electrons. The Hall–Kier alpha value is -2.08. The van der Waals surface area contributed by atoms with Gasteiger partial charge in [-0.25, -0.2) is 0 Å². The zero-order valence-electron chi connectivity index (χ0n) is 16.7. The van der Waals surface area contributed by atoms with Crippen LogP contribution in [0.25, 0.3) is 0 Å². The number of nitrogens with one attached hydrogen (secondary N) is 3. The summed E-state index contributed by atoms with van der Waals surface area (Å²) in [4.78, 5) is 15.3. The molecule has 0 saturated carbocycles. The second kappa shape index (κ2) is 9.92. The fraction of sp³-hybridized carbons (Fsp3) is 0.409. The molecule has 3 N–H and O–H groups in total. The van der Waals surface area contributed by atoms with Crippen molar-refractivity contribution in [2.75, 3.05) is 51.2 Å². The number of amides is 1. The first-order valence-corrected chi connectivity index (χ1v) is 10.3. The highest BCUT2D eigenvalue weighted by molar-refractivity contribution is 6.30. The van der Waals surface area contributed by atoms with Gasteiger partial charge in [-0.1, -0.05) is 17.7 Å². The van der Waals surface area contributed by atoms with Crippen LogP contribution in [0, 0.1) is 13.8 Å². The van der Waals surface area contributed by atoms with Crippen LogP contribution in [0.3, 0.4) is 0 Å². The Morgan fingerprint density at radius 3 is 2.25 bits per heavy atom. The van der Waals surface area contributed by atoms with Crippen LogP contribution in [0.5, 0.6) is 5.75 Å². The SMILES string of the molecule is Cc1cc(C)cc(NC(=O)C[NH+]2CC[NH+](CCOc3ccc(Cl)cc3)CC2)c1. The zero-order valence-corrected chi connectivity index (χ0v) is 17.4. The van der Waals surface area contributed by atoms with Gasteiger partial charge in [0.25, 0.3) is 5.91 Å². The molecule has 1 aliphatic rings. The quantitative estimate of drug-likeness (QED) is 0.639. The van der Waals surface area contributed by atoms with Crippen molar-refractivity contribution >= 4 is 23.2 Å². The minimum atomic E-state index is 0.0921. The van der Waals surface area contributed by atoms with E-state index in [0.29, 0.717) is 13.2 Å². The molecule has 0 radical (unpaired) electrons. The molecule has 6 heteroatoms. The predicted octanol–water partition coefficient (Wildman–Crippen LogP) is 0.758. The van der Waals surface area contributed by atoms with Gasteiger partial charge in [-0.2, -0.15) is 0 Å². The molecule has 5 nitrogen and oxygen atoms in total. The Balaban J connectivity index is 1.35. The summed E-state index contributed by atoms with van der Waals surface area (Å²) >= 11 is 5.89. The van der Waals surface area contributed by atoms with E-state index < -0.39 is 0 Å². The largest absolute Gasteiger partial charge is 0.488 e. The molecule has 1 saturated heterocycles. The van der Waals surface area contributed by atoms with Crippen LogP contribution >= 0.6 is 11.6 Å². The summed E-state index contributed by atoms with van der Waals surface area (Å²) in [7, 11) is 0. The maximum absolute atomic E-state index is 12.4. The first kappa shape index (κ1) is 20.6. The third kappa shape index (κ3) is 6.51. The van der Waals surface area contributed by atoms with Crippen LogP contribution in [0.15, 0.2) is 42.5 Å². The number of anilines is 1. The molecule has 1 aliphatic heterocycles. The van der Waals surface area contributed by atoms with Gasteiger partial charge in [0.1, 0.15) is 45.1 Å². The number of halogens is 1. The smallest absolute Gasteiger partial charge is 0.279 e. The number of carbonyl (C=O) groups excluding carboxylic acids is 1. The monoisotopic (exact) mass is 403 g/mol. The lowest BCUT2D eigenvalue weighted by molar-refractivity contribution is -1.01. The fourth-order valence-electron chi connectivity index (χ4n) is 3.71. The molecule has 0 spiro atoms. The Bertz CT molecular complexity index is 767. The van der Waals surface area contributed by atoms with Gasteiger partial charge in [0.2, 0.25) is 0 Å². The van der Waals surface area contributed by atoms with Crippen molar-refractivity contribution in [3.8, 4) is 5.75 Å². The molecule has 28 heavy (non-hydrogen) atoms. The average Bonchev–Trinajstić information content (AvgIpc) is 2.64. The van der Waals surface area contributed by atoms with Gasteiger partial charge in [-0.05, 0) is 61.4 Å². The maximum atomic E-state index is 12.4. The second-order valence-corrected chi connectivity index (χ2v) is 8.09. The molecule has 0 bridgehead atoms. The van der Waals surface area contributed by atoms with E-state index in [0.717, 1.165) is 49.2 Å². The third-order valence-electron chi connectivity index (χ3n) is 5.12. The molecule has 0 aliphatic carbocycles. The van der Waals surface area contributed by atoms with E-state index in [1.165, 1.54) is 20.9 Å². The number of piperazine rings is 1. The summed E-state index contributed by atoms with van der Waals surface area (Å²) in [6.45, 7) is 10.4. The van der Waals surface area contributed by atoms with Gasteiger partial charge in [0.15, 0.2) is 6.54 Å². The number of carbonyl (C=O) groups is 1. The molecule has 0 aromatic heterocycles. The summed E-state index contributed by atoms with van der Waals surface area (Å²) in [5, 5.41) is 3.76. The number of aryl methyl sites for hydroxylation is 2. The van der Waals surface area contributed by atoms with Crippen LogP contribution in [-0.4, -0.2) is 51.8 Å². The molecule has 0 atom stereocenters. The van der Waals surface area contributed by atoms with Crippen molar-refractivity contribution in [1.29, 1.82) is 0 Å².